The van der Waals surface area contributed by atoms with E-state index in [9.17, 15) is 5.11 Å². The van der Waals surface area contributed by atoms with E-state index in [1.807, 2.05) is 12.1 Å². The first-order chi connectivity index (χ1) is 9.13. The van der Waals surface area contributed by atoms with Crippen LogP contribution in [0.2, 0.25) is 0 Å². The Morgan fingerprint density at radius 1 is 1.37 bits per heavy atom. The Morgan fingerprint density at radius 3 is 2.84 bits per heavy atom. The highest BCUT2D eigenvalue weighted by atomic mass is 16.5. The second kappa shape index (κ2) is 6.26. The van der Waals surface area contributed by atoms with E-state index in [2.05, 4.69) is 11.8 Å². The highest BCUT2D eigenvalue weighted by molar-refractivity contribution is 5.41. The predicted octanol–water partition coefficient (Wildman–Crippen LogP) is 2.26. The number of piperidine rings is 1. The molecule has 0 amide bonds. The Balaban J connectivity index is 2.01. The Morgan fingerprint density at radius 2 is 2.16 bits per heavy atom. The molecule has 1 saturated heterocycles. The minimum Gasteiger partial charge on any atom is -0.504 e. The lowest BCUT2D eigenvalue weighted by Crippen LogP contribution is -2.43. The van der Waals surface area contributed by atoms with E-state index in [1.54, 1.807) is 20.3 Å². The Bertz CT molecular complexity index is 422. The SMILES string of the molecule is COc1cc(CN2CCC(C)C(OC)C2)ccc1O. The van der Waals surface area contributed by atoms with Gasteiger partial charge < -0.3 is 14.6 Å². The monoisotopic (exact) mass is 265 g/mol. The molecule has 2 atom stereocenters. The number of hydrogen-bond acceptors (Lipinski definition) is 4. The molecule has 4 heteroatoms. The minimum atomic E-state index is 0.188. The van der Waals surface area contributed by atoms with Crippen molar-refractivity contribution < 1.29 is 14.6 Å². The van der Waals surface area contributed by atoms with Gasteiger partial charge in [-0.2, -0.15) is 0 Å². The number of likely N-dealkylation sites (tertiary alicyclic amines) is 1. The molecule has 0 aromatic heterocycles. The highest BCUT2D eigenvalue weighted by Crippen LogP contribution is 2.28. The third-order valence-corrected chi connectivity index (χ3v) is 3.93. The molecule has 1 N–H and O–H groups in total. The van der Waals surface area contributed by atoms with Gasteiger partial charge in [0.05, 0.1) is 13.2 Å². The van der Waals surface area contributed by atoms with Crippen LogP contribution >= 0.6 is 0 Å². The molecule has 106 valence electrons. The van der Waals surface area contributed by atoms with Crippen LogP contribution in [0, 0.1) is 5.92 Å². The zero-order chi connectivity index (χ0) is 13.8. The normalized spacial score (nSPS) is 24.4. The fraction of sp³-hybridized carbons (Fsp3) is 0.600. The summed E-state index contributed by atoms with van der Waals surface area (Å²) < 4.78 is 10.7. The largest absolute Gasteiger partial charge is 0.504 e. The van der Waals surface area contributed by atoms with Crippen LogP contribution in [0.15, 0.2) is 18.2 Å². The Hall–Kier alpha value is -1.26. The third kappa shape index (κ3) is 3.39. The van der Waals surface area contributed by atoms with E-state index in [1.165, 1.54) is 0 Å². The van der Waals surface area contributed by atoms with E-state index >= 15 is 0 Å². The zero-order valence-corrected chi connectivity index (χ0v) is 11.9. The number of nitrogens with zero attached hydrogens (tertiary/aromatic N) is 1. The van der Waals surface area contributed by atoms with Crippen LogP contribution in [0.5, 0.6) is 11.5 Å². The predicted molar refractivity (Wildman–Crippen MR) is 74.5 cm³/mol. The summed E-state index contributed by atoms with van der Waals surface area (Å²) in [5.41, 5.74) is 1.15. The van der Waals surface area contributed by atoms with Crippen molar-refractivity contribution >= 4 is 0 Å². The molecule has 1 aliphatic heterocycles. The van der Waals surface area contributed by atoms with Crippen molar-refractivity contribution in [1.82, 2.24) is 4.90 Å². The number of methoxy groups -OCH3 is 2. The summed E-state index contributed by atoms with van der Waals surface area (Å²) in [5, 5.41) is 9.60. The molecule has 2 rings (SSSR count). The lowest BCUT2D eigenvalue weighted by atomic mass is 9.95. The number of phenolic OH excluding ortho intramolecular Hbond substituents is 1. The van der Waals surface area contributed by atoms with Crippen molar-refractivity contribution in [2.75, 3.05) is 27.3 Å². The maximum absolute atomic E-state index is 9.60. The van der Waals surface area contributed by atoms with Crippen LogP contribution < -0.4 is 4.74 Å². The molecular formula is C15H23NO3. The Labute approximate surface area is 114 Å². The van der Waals surface area contributed by atoms with Crippen LogP contribution in [-0.2, 0) is 11.3 Å². The van der Waals surface area contributed by atoms with Gasteiger partial charge in [-0.25, -0.2) is 0 Å². The second-order valence-corrected chi connectivity index (χ2v) is 5.28. The average molecular weight is 265 g/mol. The Kier molecular flexibility index (Phi) is 4.66. The van der Waals surface area contributed by atoms with Crippen LogP contribution in [0.3, 0.4) is 0 Å². The fourth-order valence-corrected chi connectivity index (χ4v) is 2.63. The smallest absolute Gasteiger partial charge is 0.160 e. The summed E-state index contributed by atoms with van der Waals surface area (Å²) in [6, 6.07) is 5.53. The maximum atomic E-state index is 9.60. The lowest BCUT2D eigenvalue weighted by Gasteiger charge is -2.36. The van der Waals surface area contributed by atoms with Crippen LogP contribution in [-0.4, -0.2) is 43.4 Å². The van der Waals surface area contributed by atoms with Crippen molar-refractivity contribution in [2.24, 2.45) is 5.92 Å². The molecule has 0 saturated carbocycles. The molecule has 0 radical (unpaired) electrons. The van der Waals surface area contributed by atoms with Gasteiger partial charge in [0, 0.05) is 20.2 Å². The van der Waals surface area contributed by atoms with Crippen LogP contribution in [0.25, 0.3) is 0 Å². The van der Waals surface area contributed by atoms with Crippen molar-refractivity contribution in [3.8, 4) is 11.5 Å². The summed E-state index contributed by atoms with van der Waals surface area (Å²) in [5.74, 6) is 1.34. The number of hydrogen-bond donors (Lipinski definition) is 1. The van der Waals surface area contributed by atoms with Crippen molar-refractivity contribution in [3.05, 3.63) is 23.8 Å². The molecule has 4 nitrogen and oxygen atoms in total. The van der Waals surface area contributed by atoms with Crippen LogP contribution in [0.4, 0.5) is 0 Å². The van der Waals surface area contributed by atoms with Gasteiger partial charge >= 0.3 is 0 Å². The fourth-order valence-electron chi connectivity index (χ4n) is 2.63. The molecule has 0 aliphatic carbocycles. The van der Waals surface area contributed by atoms with E-state index < -0.39 is 0 Å². The molecule has 1 aliphatic rings. The van der Waals surface area contributed by atoms with Gasteiger partial charge in [0.25, 0.3) is 0 Å². The summed E-state index contributed by atoms with van der Waals surface area (Å²) in [7, 11) is 3.36. The third-order valence-electron chi connectivity index (χ3n) is 3.93. The van der Waals surface area contributed by atoms with Crippen molar-refractivity contribution in [3.63, 3.8) is 0 Å². The second-order valence-electron chi connectivity index (χ2n) is 5.28. The molecule has 1 aromatic rings. The zero-order valence-electron chi connectivity index (χ0n) is 11.9. The van der Waals surface area contributed by atoms with Crippen LogP contribution in [0.1, 0.15) is 18.9 Å². The summed E-state index contributed by atoms with van der Waals surface area (Å²) in [6.45, 7) is 5.16. The first-order valence-corrected chi connectivity index (χ1v) is 6.75. The number of aromatic hydroxyl groups is 1. The number of benzene rings is 1. The standard InChI is InChI=1S/C15H23NO3/c1-11-6-7-16(10-15(11)19-3)9-12-4-5-13(17)14(8-12)18-2/h4-5,8,11,15,17H,6-7,9-10H2,1-3H3. The number of phenols is 1. The van der Waals surface area contributed by atoms with E-state index in [0.717, 1.165) is 31.6 Å². The molecule has 1 aromatic carbocycles. The first-order valence-electron chi connectivity index (χ1n) is 6.75. The highest BCUT2D eigenvalue weighted by Gasteiger charge is 2.25. The van der Waals surface area contributed by atoms with Crippen molar-refractivity contribution in [2.45, 2.75) is 26.0 Å². The summed E-state index contributed by atoms with van der Waals surface area (Å²) in [6.07, 6.45) is 1.47. The molecule has 2 unspecified atom stereocenters. The number of rotatable bonds is 4. The maximum Gasteiger partial charge on any atom is 0.160 e. The van der Waals surface area contributed by atoms with Gasteiger partial charge in [-0.1, -0.05) is 13.0 Å². The van der Waals surface area contributed by atoms with Gasteiger partial charge in [-0.15, -0.1) is 0 Å². The molecule has 0 bridgehead atoms. The minimum absolute atomic E-state index is 0.188. The molecule has 0 spiro atoms. The molecular weight excluding hydrogens is 242 g/mol. The summed E-state index contributed by atoms with van der Waals surface area (Å²) in [4.78, 5) is 2.39. The lowest BCUT2D eigenvalue weighted by molar-refractivity contribution is -0.00746. The topological polar surface area (TPSA) is 41.9 Å². The molecule has 1 heterocycles. The van der Waals surface area contributed by atoms with Gasteiger partial charge in [0.15, 0.2) is 11.5 Å². The van der Waals surface area contributed by atoms with E-state index in [0.29, 0.717) is 17.8 Å². The first kappa shape index (κ1) is 14.2. The van der Waals surface area contributed by atoms with E-state index in [4.69, 9.17) is 9.47 Å². The molecule has 1 fully saturated rings. The van der Waals surface area contributed by atoms with Gasteiger partial charge in [-0.05, 0) is 36.6 Å². The van der Waals surface area contributed by atoms with Crippen molar-refractivity contribution in [1.29, 1.82) is 0 Å². The van der Waals surface area contributed by atoms with Gasteiger partial charge in [0.2, 0.25) is 0 Å². The quantitative estimate of drug-likeness (QED) is 0.906. The average Bonchev–Trinajstić information content (AvgIpc) is 2.43. The van der Waals surface area contributed by atoms with E-state index in [-0.39, 0.29) is 5.75 Å². The summed E-state index contributed by atoms with van der Waals surface area (Å²) >= 11 is 0. The number of ether oxygens (including phenoxy) is 2. The van der Waals surface area contributed by atoms with Gasteiger partial charge in [-0.3, -0.25) is 4.90 Å². The van der Waals surface area contributed by atoms with Gasteiger partial charge in [0.1, 0.15) is 0 Å². The molecule has 19 heavy (non-hydrogen) atoms.